The summed E-state index contributed by atoms with van der Waals surface area (Å²) in [5.74, 6) is -0.0893. The zero-order valence-corrected chi connectivity index (χ0v) is 13.7. The van der Waals surface area contributed by atoms with Gasteiger partial charge in [0.1, 0.15) is 23.9 Å². The lowest BCUT2D eigenvalue weighted by Crippen LogP contribution is -2.31. The highest BCUT2D eigenvalue weighted by Gasteiger charge is 2.59. The zero-order chi connectivity index (χ0) is 16.4. The summed E-state index contributed by atoms with van der Waals surface area (Å²) in [6.45, 7) is 10.1. The highest BCUT2D eigenvalue weighted by molar-refractivity contribution is 5.86. The average Bonchev–Trinajstić information content (AvgIpc) is 3.12. The van der Waals surface area contributed by atoms with Crippen molar-refractivity contribution in [2.24, 2.45) is 5.41 Å². The van der Waals surface area contributed by atoms with E-state index in [2.05, 4.69) is 28.0 Å². The van der Waals surface area contributed by atoms with E-state index >= 15 is 0 Å². The molecule has 3 heterocycles. The van der Waals surface area contributed by atoms with E-state index in [4.69, 9.17) is 15.2 Å². The Labute approximate surface area is 135 Å². The molecular weight excluding hydrogens is 292 g/mol. The van der Waals surface area contributed by atoms with E-state index < -0.39 is 5.79 Å². The molecule has 1 saturated carbocycles. The van der Waals surface area contributed by atoms with Crippen molar-refractivity contribution >= 4 is 16.9 Å². The number of ether oxygens (including phenoxy) is 2. The van der Waals surface area contributed by atoms with Crippen molar-refractivity contribution in [1.82, 2.24) is 14.5 Å². The zero-order valence-electron chi connectivity index (χ0n) is 13.7. The summed E-state index contributed by atoms with van der Waals surface area (Å²) in [6, 6.07) is 2.08. The topological polar surface area (TPSA) is 75.2 Å². The van der Waals surface area contributed by atoms with Gasteiger partial charge in [-0.3, -0.25) is 0 Å². The fraction of sp³-hybridized carbons (Fsp3) is 0.529. The first-order valence-corrected chi connectivity index (χ1v) is 7.91. The van der Waals surface area contributed by atoms with Crippen LogP contribution in [-0.4, -0.2) is 32.5 Å². The molecule has 122 valence electrons. The van der Waals surface area contributed by atoms with E-state index in [1.165, 1.54) is 6.33 Å². The maximum atomic E-state index is 6.22. The molecule has 4 rings (SSSR count). The van der Waals surface area contributed by atoms with E-state index in [1.807, 2.05) is 32.2 Å². The summed E-state index contributed by atoms with van der Waals surface area (Å²) in [5.41, 5.74) is 6.66. The molecule has 4 atom stereocenters. The van der Waals surface area contributed by atoms with Crippen LogP contribution in [0, 0.1) is 5.41 Å². The SMILES string of the molecule is C=C[C@]1(C)C[C@@H](n2ccc3c(N)ncnc32)[C@@H]2OC(C)(C)O[C@@H]21. The quantitative estimate of drug-likeness (QED) is 0.863. The molecule has 23 heavy (non-hydrogen) atoms. The molecule has 1 saturated heterocycles. The molecule has 0 amide bonds. The Kier molecular flexibility index (Phi) is 2.90. The summed E-state index contributed by atoms with van der Waals surface area (Å²) < 4.78 is 14.5. The minimum Gasteiger partial charge on any atom is -0.383 e. The number of hydrogen-bond acceptors (Lipinski definition) is 5. The first-order chi connectivity index (χ1) is 10.8. The van der Waals surface area contributed by atoms with Gasteiger partial charge in [0.05, 0.1) is 17.5 Å². The first kappa shape index (κ1) is 14.7. The molecule has 2 aromatic heterocycles. The normalized spacial score (nSPS) is 35.5. The summed E-state index contributed by atoms with van der Waals surface area (Å²) >= 11 is 0. The van der Waals surface area contributed by atoms with Gasteiger partial charge in [0.2, 0.25) is 0 Å². The Morgan fingerprint density at radius 3 is 2.87 bits per heavy atom. The predicted molar refractivity (Wildman–Crippen MR) is 87.7 cm³/mol. The third-order valence-corrected chi connectivity index (χ3v) is 5.17. The molecule has 2 N–H and O–H groups in total. The second-order valence-corrected chi connectivity index (χ2v) is 7.22. The minimum absolute atomic E-state index is 0.0170. The molecule has 2 aliphatic rings. The van der Waals surface area contributed by atoms with Crippen molar-refractivity contribution in [1.29, 1.82) is 0 Å². The Morgan fingerprint density at radius 2 is 2.13 bits per heavy atom. The molecule has 6 nitrogen and oxygen atoms in total. The lowest BCUT2D eigenvalue weighted by molar-refractivity contribution is -0.164. The van der Waals surface area contributed by atoms with Crippen LogP contribution in [0.3, 0.4) is 0 Å². The van der Waals surface area contributed by atoms with E-state index in [1.54, 1.807) is 0 Å². The van der Waals surface area contributed by atoms with Gasteiger partial charge in [-0.15, -0.1) is 6.58 Å². The summed E-state index contributed by atoms with van der Waals surface area (Å²) in [6.07, 6.45) is 6.33. The number of rotatable bonds is 2. The second kappa shape index (κ2) is 4.55. The van der Waals surface area contributed by atoms with Gasteiger partial charge in [-0.2, -0.15) is 0 Å². The van der Waals surface area contributed by atoms with Gasteiger partial charge < -0.3 is 19.8 Å². The lowest BCUT2D eigenvalue weighted by Gasteiger charge is -2.28. The summed E-state index contributed by atoms with van der Waals surface area (Å²) in [5, 5.41) is 0.870. The molecule has 1 aliphatic carbocycles. The fourth-order valence-corrected chi connectivity index (χ4v) is 3.98. The molecule has 0 unspecified atom stereocenters. The summed E-state index contributed by atoms with van der Waals surface area (Å²) in [4.78, 5) is 8.48. The number of aromatic nitrogens is 3. The monoisotopic (exact) mass is 314 g/mol. The number of fused-ring (bicyclic) bond motifs is 2. The standard InChI is InChI=1S/C17H22N4O2/c1-5-17(4)8-11(12-13(17)23-16(2,3)22-12)21-7-6-10-14(18)19-9-20-15(10)21/h5-7,9,11-13H,1,8H2,2-4H3,(H2,18,19,20)/t11-,12+,13+,17-/m1/s1. The second-order valence-electron chi connectivity index (χ2n) is 7.22. The highest BCUT2D eigenvalue weighted by atomic mass is 16.8. The summed E-state index contributed by atoms with van der Waals surface area (Å²) in [7, 11) is 0. The minimum atomic E-state index is -0.588. The first-order valence-electron chi connectivity index (χ1n) is 7.91. The van der Waals surface area contributed by atoms with E-state index in [9.17, 15) is 0 Å². The molecule has 0 aromatic carbocycles. The van der Waals surface area contributed by atoms with Crippen molar-refractivity contribution in [3.05, 3.63) is 31.2 Å². The maximum Gasteiger partial charge on any atom is 0.163 e. The van der Waals surface area contributed by atoms with Crippen LogP contribution in [0.5, 0.6) is 0 Å². The average molecular weight is 314 g/mol. The number of nitrogens with zero attached hydrogens (tertiary/aromatic N) is 3. The van der Waals surface area contributed by atoms with Gasteiger partial charge in [-0.25, -0.2) is 9.97 Å². The largest absolute Gasteiger partial charge is 0.383 e. The van der Waals surface area contributed by atoms with Crippen LogP contribution in [0.15, 0.2) is 31.2 Å². The number of nitrogen functional groups attached to an aromatic ring is 1. The Hall–Kier alpha value is -1.92. The van der Waals surface area contributed by atoms with Crippen LogP contribution in [0.1, 0.15) is 33.2 Å². The predicted octanol–water partition coefficient (Wildman–Crippen LogP) is 2.67. The van der Waals surface area contributed by atoms with Crippen molar-refractivity contribution in [3.8, 4) is 0 Å². The Balaban J connectivity index is 1.82. The molecule has 1 aliphatic heterocycles. The maximum absolute atomic E-state index is 6.22. The number of nitrogens with two attached hydrogens (primary N) is 1. The fourth-order valence-electron chi connectivity index (χ4n) is 3.98. The van der Waals surface area contributed by atoms with Crippen molar-refractivity contribution in [2.45, 2.75) is 51.2 Å². The third kappa shape index (κ3) is 2.01. The van der Waals surface area contributed by atoms with E-state index in [0.717, 1.165) is 17.5 Å². The van der Waals surface area contributed by atoms with Gasteiger partial charge in [-0.1, -0.05) is 13.0 Å². The van der Waals surface area contributed by atoms with Crippen molar-refractivity contribution in [2.75, 3.05) is 5.73 Å². The molecule has 0 radical (unpaired) electrons. The smallest absolute Gasteiger partial charge is 0.163 e. The molecular formula is C17H22N4O2. The van der Waals surface area contributed by atoms with Gasteiger partial charge in [0.15, 0.2) is 5.79 Å². The van der Waals surface area contributed by atoms with Gasteiger partial charge in [-0.05, 0) is 26.3 Å². The van der Waals surface area contributed by atoms with E-state index in [-0.39, 0.29) is 23.7 Å². The van der Waals surface area contributed by atoms with Crippen molar-refractivity contribution < 1.29 is 9.47 Å². The van der Waals surface area contributed by atoms with Crippen LogP contribution >= 0.6 is 0 Å². The van der Waals surface area contributed by atoms with Crippen molar-refractivity contribution in [3.63, 3.8) is 0 Å². The van der Waals surface area contributed by atoms with Crippen LogP contribution in [0.4, 0.5) is 5.82 Å². The van der Waals surface area contributed by atoms with Gasteiger partial charge >= 0.3 is 0 Å². The molecule has 2 fully saturated rings. The van der Waals surface area contributed by atoms with Crippen LogP contribution in [-0.2, 0) is 9.47 Å². The lowest BCUT2D eigenvalue weighted by atomic mass is 9.86. The molecule has 0 bridgehead atoms. The highest BCUT2D eigenvalue weighted by Crippen LogP contribution is 2.54. The Morgan fingerprint density at radius 1 is 1.35 bits per heavy atom. The van der Waals surface area contributed by atoms with Gasteiger partial charge in [0.25, 0.3) is 0 Å². The van der Waals surface area contributed by atoms with Gasteiger partial charge in [0, 0.05) is 11.6 Å². The molecule has 2 aromatic rings. The van der Waals surface area contributed by atoms with Crippen LogP contribution in [0.25, 0.3) is 11.0 Å². The van der Waals surface area contributed by atoms with Crippen LogP contribution < -0.4 is 5.73 Å². The van der Waals surface area contributed by atoms with Crippen LogP contribution in [0.2, 0.25) is 0 Å². The van der Waals surface area contributed by atoms with E-state index in [0.29, 0.717) is 5.82 Å². The molecule has 6 heteroatoms. The number of anilines is 1. The third-order valence-electron chi connectivity index (χ3n) is 5.17. The Bertz CT molecular complexity index is 784. The molecule has 0 spiro atoms. The number of hydrogen-bond donors (Lipinski definition) is 1.